The fourth-order valence-electron chi connectivity index (χ4n) is 4.30. The number of alkyl carbamates (subject to hydrolysis) is 1. The van der Waals surface area contributed by atoms with Gasteiger partial charge in [-0.05, 0) is 27.8 Å². The monoisotopic (exact) mass is 474 g/mol. The van der Waals surface area contributed by atoms with E-state index in [-0.39, 0.29) is 19.1 Å². The highest BCUT2D eigenvalue weighted by Crippen LogP contribution is 2.44. The van der Waals surface area contributed by atoms with Crippen LogP contribution >= 0.6 is 0 Å². The van der Waals surface area contributed by atoms with E-state index in [0.717, 1.165) is 22.3 Å². The maximum atomic E-state index is 12.8. The molecule has 180 valence electrons. The lowest BCUT2D eigenvalue weighted by atomic mass is 9.98. The van der Waals surface area contributed by atoms with Gasteiger partial charge in [-0.25, -0.2) is 4.79 Å². The van der Waals surface area contributed by atoms with E-state index < -0.39 is 36.5 Å². The number of aliphatic hydroxyl groups is 1. The predicted molar refractivity (Wildman–Crippen MR) is 129 cm³/mol. The van der Waals surface area contributed by atoms with Gasteiger partial charge >= 0.3 is 12.1 Å². The average Bonchev–Trinajstić information content (AvgIpc) is 3.18. The molecule has 0 spiro atoms. The Morgan fingerprint density at radius 1 is 0.857 bits per heavy atom. The first kappa shape index (κ1) is 24.0. The fraction of sp³-hybridized carbons (Fsp3) is 0.222. The van der Waals surface area contributed by atoms with Crippen LogP contribution in [0.3, 0.4) is 0 Å². The molecule has 0 fully saturated rings. The molecule has 8 nitrogen and oxygen atoms in total. The summed E-state index contributed by atoms with van der Waals surface area (Å²) in [4.78, 5) is 36.3. The molecule has 0 heterocycles. The number of carbonyl (C=O) groups excluding carboxylic acids is 2. The Morgan fingerprint density at radius 3 is 2.03 bits per heavy atom. The van der Waals surface area contributed by atoms with Crippen LogP contribution in [-0.4, -0.2) is 47.4 Å². The summed E-state index contributed by atoms with van der Waals surface area (Å²) in [6, 6.07) is 23.5. The standard InChI is InChI=1S/C27H26N2O6/c30-18(14-24(31)32)15-28-26(33)25(17-8-2-1-3-9-17)29-27(34)35-16-23-21-12-6-4-10-19(21)20-11-5-7-13-22(20)23/h1-13,18,23,25,30H,14-16H2,(H,28,33)(H,29,34)(H,31,32)/t18?,25-/m1/s1. The molecule has 35 heavy (non-hydrogen) atoms. The molecule has 0 aromatic heterocycles. The molecule has 2 amide bonds. The van der Waals surface area contributed by atoms with Crippen LogP contribution in [0.25, 0.3) is 11.1 Å². The highest BCUT2D eigenvalue weighted by atomic mass is 16.5. The number of carboxylic acids is 1. The zero-order chi connectivity index (χ0) is 24.8. The molecule has 1 unspecified atom stereocenters. The Balaban J connectivity index is 1.43. The van der Waals surface area contributed by atoms with E-state index in [9.17, 15) is 19.5 Å². The van der Waals surface area contributed by atoms with Gasteiger partial charge in [0.05, 0.1) is 12.5 Å². The molecule has 0 bridgehead atoms. The first-order valence-corrected chi connectivity index (χ1v) is 11.3. The van der Waals surface area contributed by atoms with Crippen LogP contribution in [0.2, 0.25) is 0 Å². The minimum atomic E-state index is -1.25. The maximum Gasteiger partial charge on any atom is 0.408 e. The number of hydrogen-bond acceptors (Lipinski definition) is 5. The Morgan fingerprint density at radius 2 is 1.43 bits per heavy atom. The van der Waals surface area contributed by atoms with Crippen molar-refractivity contribution in [3.05, 3.63) is 95.6 Å². The highest BCUT2D eigenvalue weighted by Gasteiger charge is 2.30. The molecule has 1 aliphatic carbocycles. The van der Waals surface area contributed by atoms with Crippen molar-refractivity contribution in [1.82, 2.24) is 10.6 Å². The Kier molecular flexibility index (Phi) is 7.42. The molecule has 0 radical (unpaired) electrons. The van der Waals surface area contributed by atoms with Crippen LogP contribution in [0.1, 0.15) is 35.1 Å². The van der Waals surface area contributed by atoms with Gasteiger partial charge in [0.2, 0.25) is 5.91 Å². The molecule has 0 saturated carbocycles. The zero-order valence-electron chi connectivity index (χ0n) is 18.9. The van der Waals surface area contributed by atoms with E-state index >= 15 is 0 Å². The summed E-state index contributed by atoms with van der Waals surface area (Å²) in [5.41, 5.74) is 4.89. The van der Waals surface area contributed by atoms with E-state index in [2.05, 4.69) is 10.6 Å². The van der Waals surface area contributed by atoms with Crippen LogP contribution in [0.15, 0.2) is 78.9 Å². The second-order valence-electron chi connectivity index (χ2n) is 8.31. The number of benzene rings is 3. The summed E-state index contributed by atoms with van der Waals surface area (Å²) in [6.45, 7) is -0.166. The molecule has 4 rings (SSSR count). The van der Waals surface area contributed by atoms with Gasteiger partial charge in [0.15, 0.2) is 0 Å². The van der Waals surface area contributed by atoms with Crippen molar-refractivity contribution < 1.29 is 29.3 Å². The first-order valence-electron chi connectivity index (χ1n) is 11.3. The molecular weight excluding hydrogens is 448 g/mol. The summed E-state index contributed by atoms with van der Waals surface area (Å²) in [5.74, 6) is -1.89. The topological polar surface area (TPSA) is 125 Å². The summed E-state index contributed by atoms with van der Waals surface area (Å²) in [5, 5.41) is 23.6. The molecule has 3 aromatic carbocycles. The lowest BCUT2D eigenvalue weighted by Crippen LogP contribution is -2.43. The van der Waals surface area contributed by atoms with Gasteiger partial charge in [0, 0.05) is 12.5 Å². The third-order valence-electron chi connectivity index (χ3n) is 5.92. The van der Waals surface area contributed by atoms with Gasteiger partial charge in [-0.3, -0.25) is 9.59 Å². The summed E-state index contributed by atoms with van der Waals surface area (Å²) < 4.78 is 5.56. The number of nitrogens with one attached hydrogen (secondary N) is 2. The quantitative estimate of drug-likeness (QED) is 0.377. The van der Waals surface area contributed by atoms with Gasteiger partial charge in [0.1, 0.15) is 12.6 Å². The van der Waals surface area contributed by atoms with Gasteiger partial charge in [-0.1, -0.05) is 78.9 Å². The zero-order valence-corrected chi connectivity index (χ0v) is 18.9. The van der Waals surface area contributed by atoms with E-state index in [1.807, 2.05) is 48.5 Å². The number of carboxylic acid groups (broad SMARTS) is 1. The largest absolute Gasteiger partial charge is 0.481 e. The van der Waals surface area contributed by atoms with E-state index in [0.29, 0.717) is 5.56 Å². The van der Waals surface area contributed by atoms with E-state index in [1.54, 1.807) is 30.3 Å². The van der Waals surface area contributed by atoms with Crippen molar-refractivity contribution in [2.24, 2.45) is 0 Å². The molecule has 1 aliphatic rings. The second kappa shape index (κ2) is 10.8. The van der Waals surface area contributed by atoms with Crippen LogP contribution in [0, 0.1) is 0 Å². The minimum Gasteiger partial charge on any atom is -0.481 e. The third kappa shape index (κ3) is 5.67. The van der Waals surface area contributed by atoms with Gasteiger partial charge in [-0.2, -0.15) is 0 Å². The maximum absolute atomic E-state index is 12.8. The number of fused-ring (bicyclic) bond motifs is 3. The third-order valence-corrected chi connectivity index (χ3v) is 5.92. The second-order valence-corrected chi connectivity index (χ2v) is 8.31. The SMILES string of the molecule is O=C(O)CC(O)CNC(=O)[C@H](NC(=O)OCC1c2ccccc2-c2ccccc21)c1ccccc1. The van der Waals surface area contributed by atoms with Crippen molar-refractivity contribution in [3.63, 3.8) is 0 Å². The number of aliphatic carboxylic acids is 1. The van der Waals surface area contributed by atoms with E-state index in [1.165, 1.54) is 0 Å². The highest BCUT2D eigenvalue weighted by molar-refractivity contribution is 5.87. The number of rotatable bonds is 9. The van der Waals surface area contributed by atoms with Gasteiger partial charge < -0.3 is 25.6 Å². The Labute approximate surface area is 202 Å². The molecule has 4 N–H and O–H groups in total. The number of amides is 2. The van der Waals surface area contributed by atoms with Gasteiger partial charge in [0.25, 0.3) is 0 Å². The van der Waals surface area contributed by atoms with Crippen LogP contribution < -0.4 is 10.6 Å². The summed E-state index contributed by atoms with van der Waals surface area (Å²) in [6.07, 6.45) is -2.51. The molecule has 2 atom stereocenters. The lowest BCUT2D eigenvalue weighted by Gasteiger charge is -2.21. The van der Waals surface area contributed by atoms with Crippen molar-refractivity contribution in [3.8, 4) is 11.1 Å². The molecule has 0 aliphatic heterocycles. The summed E-state index contributed by atoms with van der Waals surface area (Å²) >= 11 is 0. The van der Waals surface area contributed by atoms with Crippen molar-refractivity contribution in [2.45, 2.75) is 24.5 Å². The number of aliphatic hydroxyl groups excluding tert-OH is 1. The van der Waals surface area contributed by atoms with Crippen molar-refractivity contribution in [2.75, 3.05) is 13.2 Å². The van der Waals surface area contributed by atoms with Crippen LogP contribution in [0.5, 0.6) is 0 Å². The average molecular weight is 475 g/mol. The normalized spacial score (nSPS) is 13.7. The first-order chi connectivity index (χ1) is 16.9. The number of ether oxygens (including phenoxy) is 1. The van der Waals surface area contributed by atoms with E-state index in [4.69, 9.17) is 9.84 Å². The summed E-state index contributed by atoms with van der Waals surface area (Å²) in [7, 11) is 0. The number of carbonyl (C=O) groups is 3. The Hall–Kier alpha value is -4.17. The van der Waals surface area contributed by atoms with Crippen molar-refractivity contribution in [1.29, 1.82) is 0 Å². The smallest absolute Gasteiger partial charge is 0.408 e. The molecule has 3 aromatic rings. The Bertz CT molecular complexity index is 1170. The number of hydrogen-bond donors (Lipinski definition) is 4. The predicted octanol–water partition coefficient (Wildman–Crippen LogP) is 3.22. The van der Waals surface area contributed by atoms with Crippen LogP contribution in [0.4, 0.5) is 4.79 Å². The van der Waals surface area contributed by atoms with Crippen molar-refractivity contribution >= 4 is 18.0 Å². The van der Waals surface area contributed by atoms with Gasteiger partial charge in [-0.15, -0.1) is 0 Å². The lowest BCUT2D eigenvalue weighted by molar-refractivity contribution is -0.139. The fourth-order valence-corrected chi connectivity index (χ4v) is 4.30. The molecular formula is C27H26N2O6. The minimum absolute atomic E-state index is 0.0975. The van der Waals surface area contributed by atoms with Crippen LogP contribution in [-0.2, 0) is 14.3 Å². The molecule has 8 heteroatoms. The molecule has 0 saturated heterocycles.